The fourth-order valence-corrected chi connectivity index (χ4v) is 7.79. The van der Waals surface area contributed by atoms with Gasteiger partial charge in [-0.25, -0.2) is 19.9 Å². The molecule has 3 aromatic heterocycles. The Kier molecular flexibility index (Phi) is 10.1. The molecule has 0 atom stereocenters. The van der Waals surface area contributed by atoms with Gasteiger partial charge in [-0.1, -0.05) is 141 Å². The van der Waals surface area contributed by atoms with Crippen LogP contribution in [-0.4, -0.2) is 31.8 Å². The first-order valence-corrected chi connectivity index (χ1v) is 19.0. The summed E-state index contributed by atoms with van der Waals surface area (Å²) in [6.07, 6.45) is 10.1. The van der Waals surface area contributed by atoms with Gasteiger partial charge in [0.15, 0.2) is 24.8 Å². The molecule has 5 nitrogen and oxygen atoms in total. The van der Waals surface area contributed by atoms with Crippen molar-refractivity contribution >= 4 is 52.0 Å². The maximum absolute atomic E-state index is 5.14. The number of benzene rings is 5. The second-order valence-electron chi connectivity index (χ2n) is 13.0. The molecule has 263 valence electrons. The molecule has 0 saturated carbocycles. The van der Waals surface area contributed by atoms with Crippen molar-refractivity contribution in [2.75, 3.05) is 0 Å². The third-order valence-electron chi connectivity index (χ3n) is 9.53. The van der Waals surface area contributed by atoms with Crippen LogP contribution >= 0.6 is 11.3 Å². The van der Waals surface area contributed by atoms with E-state index in [2.05, 4.69) is 118 Å². The molecule has 0 aliphatic heterocycles. The van der Waals surface area contributed by atoms with E-state index in [0.717, 1.165) is 76.7 Å². The summed E-state index contributed by atoms with van der Waals surface area (Å²) in [5, 5.41) is 0.939. The number of aromatic nitrogens is 5. The Morgan fingerprint density at radius 1 is 0.673 bits per heavy atom. The molecule has 5 aromatic carbocycles. The molecule has 0 N–H and O–H groups in total. The van der Waals surface area contributed by atoms with Crippen LogP contribution in [0.15, 0.2) is 165 Å². The number of allylic oxidation sites excluding steroid dienone is 4. The Morgan fingerprint density at radius 3 is 1.91 bits per heavy atom. The van der Waals surface area contributed by atoms with Crippen LogP contribution in [0.1, 0.15) is 22.5 Å². The van der Waals surface area contributed by atoms with Crippen molar-refractivity contribution in [1.82, 2.24) is 24.5 Å². The first-order chi connectivity index (χ1) is 27.0. The molecular weight excluding hydrogens is 689 g/mol. The minimum atomic E-state index is 0.607. The summed E-state index contributed by atoms with van der Waals surface area (Å²) in [5.74, 6) is 1.87. The molecule has 0 bridgehead atoms. The SMILES string of the molecule is C=C/C=C\c1c([B]C)c(/C=C(\C=C)c2cccc(-c3nc4cc(-c5nc(-c6ccccc6)nc(-c6ccccc6)n5)ccc4s3)c2)c(C)n1-c1ccccc1. The van der Waals surface area contributed by atoms with Gasteiger partial charge in [0.05, 0.1) is 10.2 Å². The molecule has 0 spiro atoms. The first kappa shape index (κ1) is 35.3. The minimum absolute atomic E-state index is 0.607. The van der Waals surface area contributed by atoms with Gasteiger partial charge in [-0.15, -0.1) is 11.3 Å². The standard InChI is InChI=1S/C48H37BN5S/c1-5-7-26-42-44(49-4)40(32(3)54(42)39-24-15-10-16-25-39)30-33(6-2)36-22-17-23-38(29-36)48-50-41-31-37(27-28-43(41)55-48)47-52-45(34-18-11-8-12-19-34)51-46(53-47)35-20-13-9-14-21-35/h5-31H,1-2H2,3-4H3/b26-7-,33-30+. The van der Waals surface area contributed by atoms with Crippen molar-refractivity contribution in [2.45, 2.75) is 13.7 Å². The number of para-hydroxylation sites is 1. The van der Waals surface area contributed by atoms with E-state index < -0.39 is 0 Å². The number of nitrogens with zero attached hydrogens (tertiary/aromatic N) is 5. The van der Waals surface area contributed by atoms with Crippen molar-refractivity contribution in [3.63, 3.8) is 0 Å². The van der Waals surface area contributed by atoms with Gasteiger partial charge in [0.1, 0.15) is 5.01 Å². The summed E-state index contributed by atoms with van der Waals surface area (Å²) < 4.78 is 3.39. The molecule has 0 saturated heterocycles. The predicted molar refractivity (Wildman–Crippen MR) is 234 cm³/mol. The summed E-state index contributed by atoms with van der Waals surface area (Å²) in [4.78, 5) is 19.8. The molecule has 3 heterocycles. The van der Waals surface area contributed by atoms with Crippen LogP contribution in [0.3, 0.4) is 0 Å². The smallest absolute Gasteiger partial charge is 0.164 e. The second-order valence-corrected chi connectivity index (χ2v) is 14.0. The quantitative estimate of drug-likeness (QED) is 0.0984. The third-order valence-corrected chi connectivity index (χ3v) is 10.6. The molecule has 0 amide bonds. The largest absolute Gasteiger partial charge is 0.314 e. The lowest BCUT2D eigenvalue weighted by atomic mass is 9.70. The summed E-state index contributed by atoms with van der Waals surface area (Å²) in [6.45, 7) is 12.4. The van der Waals surface area contributed by atoms with E-state index in [4.69, 9.17) is 19.9 Å². The maximum atomic E-state index is 5.14. The number of rotatable bonds is 11. The number of fused-ring (bicyclic) bond motifs is 1. The molecule has 8 aromatic rings. The van der Waals surface area contributed by atoms with Crippen LogP contribution in [0, 0.1) is 6.92 Å². The van der Waals surface area contributed by atoms with Crippen molar-refractivity contribution in [3.8, 4) is 50.4 Å². The van der Waals surface area contributed by atoms with Gasteiger partial charge in [-0.05, 0) is 72.2 Å². The molecular formula is C48H37BN5S. The highest BCUT2D eigenvalue weighted by Crippen LogP contribution is 2.35. The third kappa shape index (κ3) is 7.18. The molecule has 7 heteroatoms. The van der Waals surface area contributed by atoms with E-state index in [9.17, 15) is 0 Å². The molecule has 8 rings (SSSR count). The second kappa shape index (κ2) is 15.7. The van der Waals surface area contributed by atoms with Crippen LogP contribution in [0.25, 0.3) is 78.4 Å². The number of thiazole rings is 1. The van der Waals surface area contributed by atoms with Gasteiger partial charge >= 0.3 is 0 Å². The van der Waals surface area contributed by atoms with Gasteiger partial charge < -0.3 is 4.57 Å². The molecule has 0 fully saturated rings. The van der Waals surface area contributed by atoms with Crippen LogP contribution in [-0.2, 0) is 0 Å². The Balaban J connectivity index is 1.17. The summed E-state index contributed by atoms with van der Waals surface area (Å²) in [7, 11) is 2.18. The van der Waals surface area contributed by atoms with Crippen molar-refractivity contribution < 1.29 is 0 Å². The summed E-state index contributed by atoms with van der Waals surface area (Å²) in [6, 6.07) is 45.3. The molecule has 0 aliphatic rings. The Morgan fingerprint density at radius 2 is 1.29 bits per heavy atom. The van der Waals surface area contributed by atoms with Gasteiger partial charge in [-0.2, -0.15) is 0 Å². The van der Waals surface area contributed by atoms with E-state index in [0.29, 0.717) is 17.5 Å². The summed E-state index contributed by atoms with van der Waals surface area (Å²) in [5.41, 5.74) is 12.4. The van der Waals surface area contributed by atoms with E-state index in [-0.39, 0.29) is 0 Å². The van der Waals surface area contributed by atoms with E-state index >= 15 is 0 Å². The van der Waals surface area contributed by atoms with Gasteiger partial charge in [-0.3, -0.25) is 0 Å². The first-order valence-electron chi connectivity index (χ1n) is 18.2. The van der Waals surface area contributed by atoms with Crippen LogP contribution < -0.4 is 5.46 Å². The Hall–Kier alpha value is -6.70. The van der Waals surface area contributed by atoms with Crippen LogP contribution in [0.5, 0.6) is 0 Å². The highest BCUT2D eigenvalue weighted by Gasteiger charge is 2.19. The normalized spacial score (nSPS) is 11.6. The van der Waals surface area contributed by atoms with E-state index in [1.807, 2.05) is 85.0 Å². The monoisotopic (exact) mass is 726 g/mol. The predicted octanol–water partition coefficient (Wildman–Crippen LogP) is 11.6. The van der Waals surface area contributed by atoms with E-state index in [1.165, 1.54) is 0 Å². The lowest BCUT2D eigenvalue weighted by molar-refractivity contribution is 1.00. The van der Waals surface area contributed by atoms with Crippen molar-refractivity contribution in [3.05, 3.63) is 187 Å². The minimum Gasteiger partial charge on any atom is -0.314 e. The average molecular weight is 727 g/mol. The molecule has 55 heavy (non-hydrogen) atoms. The lowest BCUT2D eigenvalue weighted by Crippen LogP contribution is -2.16. The maximum Gasteiger partial charge on any atom is 0.164 e. The average Bonchev–Trinajstić information content (AvgIpc) is 3.80. The zero-order valence-electron chi connectivity index (χ0n) is 30.7. The van der Waals surface area contributed by atoms with Crippen molar-refractivity contribution in [2.24, 2.45) is 0 Å². The zero-order chi connectivity index (χ0) is 37.7. The lowest BCUT2D eigenvalue weighted by Gasteiger charge is -2.10. The number of hydrogen-bond donors (Lipinski definition) is 0. The highest BCUT2D eigenvalue weighted by atomic mass is 32.1. The fraction of sp³-hybridized carbons (Fsp3) is 0.0417. The molecule has 0 aliphatic carbocycles. The van der Waals surface area contributed by atoms with Gasteiger partial charge in [0.2, 0.25) is 0 Å². The van der Waals surface area contributed by atoms with Crippen molar-refractivity contribution in [1.29, 1.82) is 0 Å². The highest BCUT2D eigenvalue weighted by molar-refractivity contribution is 7.21. The van der Waals surface area contributed by atoms with Gasteiger partial charge in [0, 0.05) is 39.3 Å². The zero-order valence-corrected chi connectivity index (χ0v) is 31.5. The number of hydrogen-bond acceptors (Lipinski definition) is 5. The molecule has 1 radical (unpaired) electrons. The van der Waals surface area contributed by atoms with E-state index in [1.54, 1.807) is 11.3 Å². The summed E-state index contributed by atoms with van der Waals surface area (Å²) >= 11 is 1.67. The fourth-order valence-electron chi connectivity index (χ4n) is 6.85. The van der Waals surface area contributed by atoms with Crippen LogP contribution in [0.4, 0.5) is 0 Å². The Labute approximate surface area is 326 Å². The Bertz CT molecular complexity index is 2670. The van der Waals surface area contributed by atoms with Crippen LogP contribution in [0.2, 0.25) is 6.82 Å². The van der Waals surface area contributed by atoms with Gasteiger partial charge in [0.25, 0.3) is 0 Å². The molecule has 0 unspecified atom stereocenters. The topological polar surface area (TPSA) is 56.5 Å².